The normalized spacial score (nSPS) is 16.1. The van der Waals surface area contributed by atoms with Gasteiger partial charge in [-0.25, -0.2) is 4.39 Å². The molecule has 0 saturated heterocycles. The summed E-state index contributed by atoms with van der Waals surface area (Å²) in [6, 6.07) is 5.45. The number of nitrogens with two attached hydrogens (primary N) is 1. The van der Waals surface area contributed by atoms with Crippen molar-refractivity contribution in [1.29, 1.82) is 0 Å². The highest BCUT2D eigenvalue weighted by molar-refractivity contribution is 9.10. The van der Waals surface area contributed by atoms with Crippen LogP contribution in [-0.4, -0.2) is 28.5 Å². The van der Waals surface area contributed by atoms with Gasteiger partial charge in [-0.2, -0.15) is 0 Å². The van der Waals surface area contributed by atoms with Crippen LogP contribution in [0.15, 0.2) is 27.8 Å². The molecular weight excluding hydrogens is 313 g/mol. The third-order valence-corrected chi connectivity index (χ3v) is 3.72. The van der Waals surface area contributed by atoms with Crippen LogP contribution < -0.4 is 5.73 Å². The van der Waals surface area contributed by atoms with Gasteiger partial charge in [-0.05, 0) is 31.0 Å². The van der Waals surface area contributed by atoms with Crippen molar-refractivity contribution in [1.82, 2.24) is 4.90 Å². The average Bonchev–Trinajstić information content (AvgIpc) is 3.22. The monoisotopic (exact) mass is 329 g/mol. The maximum atomic E-state index is 13.7. The van der Waals surface area contributed by atoms with E-state index < -0.39 is 0 Å². The summed E-state index contributed by atoms with van der Waals surface area (Å²) in [5.74, 6) is 0.0120. The first kappa shape index (κ1) is 14.3. The van der Waals surface area contributed by atoms with Gasteiger partial charge in [0.15, 0.2) is 0 Å². The van der Waals surface area contributed by atoms with E-state index in [-0.39, 0.29) is 11.7 Å². The lowest BCUT2D eigenvalue weighted by molar-refractivity contribution is 0.256. The number of nitrogens with zero attached hydrogens (tertiary/aromatic N) is 2. The number of rotatable bonds is 6. The number of oxime groups is 1. The maximum Gasteiger partial charge on any atom is 0.140 e. The molecule has 0 radical (unpaired) electrons. The maximum absolute atomic E-state index is 13.7. The summed E-state index contributed by atoms with van der Waals surface area (Å²) in [7, 11) is 0. The molecule has 1 aliphatic rings. The Hall–Kier alpha value is -1.14. The molecule has 0 atom stereocenters. The molecule has 104 valence electrons. The van der Waals surface area contributed by atoms with Gasteiger partial charge in [-0.15, -0.1) is 0 Å². The lowest BCUT2D eigenvalue weighted by Gasteiger charge is -2.22. The molecule has 1 fully saturated rings. The summed E-state index contributed by atoms with van der Waals surface area (Å²) in [6.07, 6.45) is 2.75. The number of benzene rings is 1. The van der Waals surface area contributed by atoms with Crippen LogP contribution in [0.25, 0.3) is 0 Å². The van der Waals surface area contributed by atoms with Gasteiger partial charge >= 0.3 is 0 Å². The van der Waals surface area contributed by atoms with E-state index in [4.69, 9.17) is 10.9 Å². The highest BCUT2D eigenvalue weighted by Gasteiger charge is 2.29. The number of amidine groups is 1. The van der Waals surface area contributed by atoms with Crippen molar-refractivity contribution < 1.29 is 9.60 Å². The zero-order valence-corrected chi connectivity index (χ0v) is 12.1. The van der Waals surface area contributed by atoms with E-state index in [2.05, 4.69) is 26.0 Å². The molecule has 1 aromatic rings. The molecule has 6 heteroatoms. The van der Waals surface area contributed by atoms with E-state index in [1.807, 2.05) is 0 Å². The molecule has 0 spiro atoms. The standard InChI is InChI=1S/C13H17BrFN3O/c14-10-1-4-12(15)9(7-10)8-18(11-2-3-11)6-5-13(16)17-19/h1,4,7,11,19H,2-3,5-6,8H2,(H2,16,17). The van der Waals surface area contributed by atoms with Crippen molar-refractivity contribution in [2.45, 2.75) is 31.8 Å². The number of hydrogen-bond donors (Lipinski definition) is 2. The molecule has 0 bridgehead atoms. The molecule has 4 nitrogen and oxygen atoms in total. The van der Waals surface area contributed by atoms with Gasteiger partial charge < -0.3 is 10.9 Å². The second kappa shape index (κ2) is 6.34. The molecule has 19 heavy (non-hydrogen) atoms. The molecule has 0 amide bonds. The summed E-state index contributed by atoms with van der Waals surface area (Å²) in [6.45, 7) is 1.22. The van der Waals surface area contributed by atoms with Crippen LogP contribution in [0.2, 0.25) is 0 Å². The topological polar surface area (TPSA) is 61.8 Å². The fraction of sp³-hybridized carbons (Fsp3) is 0.462. The molecule has 2 rings (SSSR count). The minimum absolute atomic E-state index is 0.197. The van der Waals surface area contributed by atoms with E-state index >= 15 is 0 Å². The van der Waals surface area contributed by atoms with Crippen molar-refractivity contribution in [3.63, 3.8) is 0 Å². The quantitative estimate of drug-likeness (QED) is 0.365. The molecule has 1 aliphatic carbocycles. The molecule has 0 aliphatic heterocycles. The third-order valence-electron chi connectivity index (χ3n) is 3.23. The lowest BCUT2D eigenvalue weighted by atomic mass is 10.2. The molecule has 1 aromatic carbocycles. The molecule has 0 heterocycles. The van der Waals surface area contributed by atoms with E-state index in [9.17, 15) is 4.39 Å². The van der Waals surface area contributed by atoms with Gasteiger partial charge in [0.2, 0.25) is 0 Å². The molecule has 0 aromatic heterocycles. The van der Waals surface area contributed by atoms with E-state index in [1.165, 1.54) is 6.07 Å². The van der Waals surface area contributed by atoms with Gasteiger partial charge in [0.25, 0.3) is 0 Å². The third kappa shape index (κ3) is 4.18. The average molecular weight is 330 g/mol. The van der Waals surface area contributed by atoms with Gasteiger partial charge in [0.1, 0.15) is 11.7 Å². The lowest BCUT2D eigenvalue weighted by Crippen LogP contribution is -2.30. The summed E-state index contributed by atoms with van der Waals surface area (Å²) >= 11 is 3.35. The summed E-state index contributed by atoms with van der Waals surface area (Å²) in [5.41, 5.74) is 6.15. The van der Waals surface area contributed by atoms with Crippen LogP contribution in [0.3, 0.4) is 0 Å². The predicted octanol–water partition coefficient (Wildman–Crippen LogP) is 2.69. The highest BCUT2D eigenvalue weighted by Crippen LogP contribution is 2.29. The van der Waals surface area contributed by atoms with Crippen molar-refractivity contribution in [2.24, 2.45) is 10.9 Å². The Bertz CT molecular complexity index is 477. The van der Waals surface area contributed by atoms with Crippen molar-refractivity contribution in [2.75, 3.05) is 6.54 Å². The van der Waals surface area contributed by atoms with Gasteiger partial charge in [0, 0.05) is 35.6 Å². The zero-order valence-electron chi connectivity index (χ0n) is 10.5. The van der Waals surface area contributed by atoms with Crippen LogP contribution in [-0.2, 0) is 6.54 Å². The van der Waals surface area contributed by atoms with Gasteiger partial charge in [-0.3, -0.25) is 4.90 Å². The summed E-state index contributed by atoms with van der Waals surface area (Å²) in [5, 5.41) is 11.5. The van der Waals surface area contributed by atoms with Crippen molar-refractivity contribution >= 4 is 21.8 Å². The minimum atomic E-state index is -0.197. The van der Waals surface area contributed by atoms with Crippen molar-refractivity contribution in [3.8, 4) is 0 Å². The van der Waals surface area contributed by atoms with E-state index in [0.717, 1.165) is 17.3 Å². The molecule has 3 N–H and O–H groups in total. The molecule has 1 saturated carbocycles. The number of halogens is 2. The first-order chi connectivity index (χ1) is 9.10. The minimum Gasteiger partial charge on any atom is -0.409 e. The van der Waals surface area contributed by atoms with Crippen LogP contribution in [0, 0.1) is 5.82 Å². The second-order valence-corrected chi connectivity index (χ2v) is 5.69. The van der Waals surface area contributed by atoms with Gasteiger partial charge in [-0.1, -0.05) is 21.1 Å². The fourth-order valence-electron chi connectivity index (χ4n) is 2.02. The Morgan fingerprint density at radius 3 is 2.89 bits per heavy atom. The summed E-state index contributed by atoms with van der Waals surface area (Å²) < 4.78 is 14.6. The Kier molecular flexibility index (Phi) is 4.76. The van der Waals surface area contributed by atoms with Crippen LogP contribution >= 0.6 is 15.9 Å². The first-order valence-electron chi connectivity index (χ1n) is 6.24. The van der Waals surface area contributed by atoms with E-state index in [0.29, 0.717) is 31.1 Å². The Morgan fingerprint density at radius 1 is 1.53 bits per heavy atom. The second-order valence-electron chi connectivity index (χ2n) is 4.78. The molecule has 0 unspecified atom stereocenters. The smallest absolute Gasteiger partial charge is 0.140 e. The SMILES string of the molecule is N/C(CCN(Cc1cc(Br)ccc1F)C1CC1)=N/O. The van der Waals surface area contributed by atoms with Crippen molar-refractivity contribution in [3.05, 3.63) is 34.1 Å². The highest BCUT2D eigenvalue weighted by atomic mass is 79.9. The summed E-state index contributed by atoms with van der Waals surface area (Å²) in [4.78, 5) is 2.18. The van der Waals surface area contributed by atoms with E-state index in [1.54, 1.807) is 12.1 Å². The predicted molar refractivity (Wildman–Crippen MR) is 75.6 cm³/mol. The number of hydrogen-bond acceptors (Lipinski definition) is 3. The Balaban J connectivity index is 2.02. The largest absolute Gasteiger partial charge is 0.409 e. The van der Waals surface area contributed by atoms with Gasteiger partial charge in [0.05, 0.1) is 0 Å². The fourth-order valence-corrected chi connectivity index (χ4v) is 2.43. The Labute approximate surface area is 120 Å². The Morgan fingerprint density at radius 2 is 2.26 bits per heavy atom. The zero-order chi connectivity index (χ0) is 13.8. The van der Waals surface area contributed by atoms with Crippen LogP contribution in [0.1, 0.15) is 24.8 Å². The first-order valence-corrected chi connectivity index (χ1v) is 7.04. The molecular formula is C13H17BrFN3O. The van der Waals surface area contributed by atoms with Crippen LogP contribution in [0.4, 0.5) is 4.39 Å². The van der Waals surface area contributed by atoms with Crippen LogP contribution in [0.5, 0.6) is 0 Å².